The zero-order chi connectivity index (χ0) is 36.6. The van der Waals surface area contributed by atoms with Gasteiger partial charge in [-0.25, -0.2) is 4.79 Å². The van der Waals surface area contributed by atoms with Crippen molar-refractivity contribution in [3.8, 4) is 5.75 Å². The van der Waals surface area contributed by atoms with E-state index in [-0.39, 0.29) is 42.7 Å². The van der Waals surface area contributed by atoms with Crippen molar-refractivity contribution in [2.75, 3.05) is 44.0 Å². The SMILES string of the molecule is Cc1noc(C)c1NC(=O)Nc1ccc2c(c1)C(=O)N([C@@H](C)CO)C[C@H](C)[C@@H](CN(C)Cc1ccc(C(F)(F)F)cc1)OCCCC[C@H](C)O2. The number of urea groups is 1. The van der Waals surface area contributed by atoms with Crippen molar-refractivity contribution in [2.24, 2.45) is 5.92 Å². The Morgan fingerprint density at radius 3 is 2.48 bits per heavy atom. The molecule has 1 aliphatic rings. The van der Waals surface area contributed by atoms with Crippen molar-refractivity contribution in [2.45, 2.75) is 84.9 Å². The molecule has 1 aliphatic heterocycles. The van der Waals surface area contributed by atoms with Crippen LogP contribution in [0.2, 0.25) is 0 Å². The van der Waals surface area contributed by atoms with Crippen molar-refractivity contribution >= 4 is 23.3 Å². The van der Waals surface area contributed by atoms with E-state index in [4.69, 9.17) is 14.0 Å². The predicted octanol–water partition coefficient (Wildman–Crippen LogP) is 6.88. The van der Waals surface area contributed by atoms with Gasteiger partial charge in [-0.1, -0.05) is 24.2 Å². The number of fused-ring (bicyclic) bond motifs is 1. The summed E-state index contributed by atoms with van der Waals surface area (Å²) in [5.41, 5.74) is 1.60. The third kappa shape index (κ3) is 10.4. The lowest BCUT2D eigenvalue weighted by molar-refractivity contribution is -0.137. The summed E-state index contributed by atoms with van der Waals surface area (Å²) in [6.07, 6.45) is -2.63. The minimum absolute atomic E-state index is 0.198. The van der Waals surface area contributed by atoms with Crippen molar-refractivity contribution in [1.29, 1.82) is 0 Å². The lowest BCUT2D eigenvalue weighted by Gasteiger charge is -2.36. The highest BCUT2D eigenvalue weighted by Crippen LogP contribution is 2.31. The van der Waals surface area contributed by atoms with E-state index in [2.05, 4.69) is 15.8 Å². The molecule has 1 aromatic heterocycles. The van der Waals surface area contributed by atoms with Gasteiger partial charge in [-0.05, 0) is 89.9 Å². The fraction of sp³-hybridized carbons (Fsp3) is 0.528. The van der Waals surface area contributed by atoms with Crippen LogP contribution < -0.4 is 15.4 Å². The molecule has 2 heterocycles. The highest BCUT2D eigenvalue weighted by atomic mass is 19.4. The number of anilines is 2. The van der Waals surface area contributed by atoms with E-state index in [0.29, 0.717) is 54.7 Å². The average Bonchev–Trinajstić information content (AvgIpc) is 3.37. The fourth-order valence-corrected chi connectivity index (χ4v) is 5.88. The molecule has 4 atom stereocenters. The van der Waals surface area contributed by atoms with Gasteiger partial charge in [0.25, 0.3) is 5.91 Å². The number of benzene rings is 2. The minimum atomic E-state index is -4.40. The van der Waals surface area contributed by atoms with Crippen LogP contribution in [-0.2, 0) is 17.5 Å². The molecule has 3 amide bonds. The molecule has 0 saturated heterocycles. The van der Waals surface area contributed by atoms with Gasteiger partial charge in [-0.15, -0.1) is 0 Å². The van der Waals surface area contributed by atoms with Gasteiger partial charge in [0.05, 0.1) is 36.0 Å². The summed E-state index contributed by atoms with van der Waals surface area (Å²) in [7, 11) is 1.88. The first-order valence-corrected chi connectivity index (χ1v) is 16.9. The molecule has 0 bridgehead atoms. The van der Waals surface area contributed by atoms with Crippen LogP contribution >= 0.6 is 0 Å². The Labute approximate surface area is 291 Å². The number of hydrogen-bond acceptors (Lipinski definition) is 8. The Kier molecular flexibility index (Phi) is 13.3. The third-order valence-corrected chi connectivity index (χ3v) is 8.81. The zero-order valence-electron chi connectivity index (χ0n) is 29.5. The predicted molar refractivity (Wildman–Crippen MR) is 183 cm³/mol. The molecular weight excluding hydrogens is 655 g/mol. The molecule has 50 heavy (non-hydrogen) atoms. The van der Waals surface area contributed by atoms with Crippen LogP contribution in [0.25, 0.3) is 0 Å². The van der Waals surface area contributed by atoms with Crippen molar-refractivity contribution in [1.82, 2.24) is 15.0 Å². The first-order chi connectivity index (χ1) is 23.7. The number of hydrogen-bond donors (Lipinski definition) is 3. The first kappa shape index (κ1) is 38.7. The number of aliphatic hydroxyl groups is 1. The molecule has 0 saturated carbocycles. The number of carbonyl (C=O) groups is 2. The molecule has 274 valence electrons. The highest BCUT2D eigenvalue weighted by molar-refractivity contribution is 6.03. The summed E-state index contributed by atoms with van der Waals surface area (Å²) < 4.78 is 57.0. The van der Waals surface area contributed by atoms with E-state index in [1.807, 2.05) is 25.8 Å². The van der Waals surface area contributed by atoms with E-state index in [1.54, 1.807) is 43.9 Å². The molecule has 0 unspecified atom stereocenters. The fourth-order valence-electron chi connectivity index (χ4n) is 5.88. The second-order valence-corrected chi connectivity index (χ2v) is 13.2. The molecule has 3 aromatic rings. The average molecular weight is 704 g/mol. The molecule has 0 spiro atoms. The molecule has 0 radical (unpaired) electrons. The normalized spacial score (nSPS) is 20.1. The molecule has 0 fully saturated rings. The van der Waals surface area contributed by atoms with Crippen LogP contribution in [0, 0.1) is 19.8 Å². The number of nitrogens with zero attached hydrogens (tertiary/aromatic N) is 3. The van der Waals surface area contributed by atoms with Gasteiger partial charge in [0, 0.05) is 37.8 Å². The number of rotatable bonds is 8. The Morgan fingerprint density at radius 2 is 1.84 bits per heavy atom. The summed E-state index contributed by atoms with van der Waals surface area (Å²) in [6.45, 7) is 10.3. The second kappa shape index (κ2) is 17.2. The monoisotopic (exact) mass is 703 g/mol. The number of alkyl halides is 3. The van der Waals surface area contributed by atoms with Gasteiger partial charge in [0.2, 0.25) is 0 Å². The van der Waals surface area contributed by atoms with Crippen molar-refractivity contribution in [3.05, 3.63) is 70.6 Å². The van der Waals surface area contributed by atoms with E-state index < -0.39 is 23.8 Å². The standard InChI is InChI=1S/C36H48F3N5O6/c1-22-18-44(23(2)21-45)34(46)30-17-29(40-35(47)41-33-25(4)42-50-26(33)5)14-15-31(30)49-24(3)9-7-8-16-48-32(22)20-43(6)19-27-10-12-28(13-11-27)36(37,38)39/h10-15,17,22-24,32,45H,7-9,16,18-21H2,1-6H3,(H2,40,41,47)/t22-,23-,24-,32+/m0/s1. The Hall–Kier alpha value is -4.14. The molecule has 14 heteroatoms. The summed E-state index contributed by atoms with van der Waals surface area (Å²) >= 11 is 0. The van der Waals surface area contributed by atoms with Crippen LogP contribution in [-0.4, -0.2) is 83.6 Å². The number of amides is 3. The quantitative estimate of drug-likeness (QED) is 0.232. The van der Waals surface area contributed by atoms with Gasteiger partial charge < -0.3 is 34.6 Å². The number of likely N-dealkylation sites (N-methyl/N-ethyl adjacent to an activating group) is 1. The number of aryl methyl sites for hydroxylation is 2. The molecular formula is C36H48F3N5O6. The minimum Gasteiger partial charge on any atom is -0.490 e. The van der Waals surface area contributed by atoms with E-state index in [1.165, 1.54) is 12.1 Å². The van der Waals surface area contributed by atoms with Crippen molar-refractivity contribution < 1.29 is 41.9 Å². The maximum atomic E-state index is 14.4. The maximum Gasteiger partial charge on any atom is 0.416 e. The van der Waals surface area contributed by atoms with Gasteiger partial charge in [0.15, 0.2) is 5.76 Å². The number of ether oxygens (including phenoxy) is 2. The number of aliphatic hydroxyl groups excluding tert-OH is 1. The van der Waals surface area contributed by atoms with Crippen molar-refractivity contribution in [3.63, 3.8) is 0 Å². The van der Waals surface area contributed by atoms with Gasteiger partial charge in [-0.2, -0.15) is 13.2 Å². The van der Waals surface area contributed by atoms with Crippen LogP contribution in [0.5, 0.6) is 5.75 Å². The van der Waals surface area contributed by atoms with Crippen LogP contribution in [0.1, 0.15) is 73.0 Å². The number of aromatic nitrogens is 1. The largest absolute Gasteiger partial charge is 0.490 e. The van der Waals surface area contributed by atoms with Crippen LogP contribution in [0.4, 0.5) is 29.3 Å². The molecule has 3 N–H and O–H groups in total. The van der Waals surface area contributed by atoms with Crippen LogP contribution in [0.15, 0.2) is 47.0 Å². The van der Waals surface area contributed by atoms with E-state index in [0.717, 1.165) is 30.5 Å². The number of carbonyl (C=O) groups excluding carboxylic acids is 2. The summed E-state index contributed by atoms with van der Waals surface area (Å²) in [5.74, 6) is 0.235. The number of nitrogens with one attached hydrogen (secondary N) is 2. The first-order valence-electron chi connectivity index (χ1n) is 16.9. The molecule has 11 nitrogen and oxygen atoms in total. The van der Waals surface area contributed by atoms with Gasteiger partial charge in [-0.3, -0.25) is 9.69 Å². The lowest BCUT2D eigenvalue weighted by atomic mass is 10.0. The lowest BCUT2D eigenvalue weighted by Crippen LogP contribution is -2.47. The zero-order valence-corrected chi connectivity index (χ0v) is 29.5. The third-order valence-electron chi connectivity index (χ3n) is 8.81. The number of halogens is 3. The summed E-state index contributed by atoms with van der Waals surface area (Å²) in [4.78, 5) is 30.8. The Balaban J connectivity index is 1.57. The van der Waals surface area contributed by atoms with Gasteiger partial charge >= 0.3 is 12.2 Å². The molecule has 4 rings (SSSR count). The smallest absolute Gasteiger partial charge is 0.416 e. The topological polar surface area (TPSA) is 129 Å². The van der Waals surface area contributed by atoms with Gasteiger partial charge in [0.1, 0.15) is 17.1 Å². The Morgan fingerprint density at radius 1 is 1.12 bits per heavy atom. The second-order valence-electron chi connectivity index (χ2n) is 13.2. The maximum absolute atomic E-state index is 14.4. The van der Waals surface area contributed by atoms with E-state index >= 15 is 0 Å². The van der Waals surface area contributed by atoms with Crippen LogP contribution in [0.3, 0.4) is 0 Å². The summed E-state index contributed by atoms with van der Waals surface area (Å²) in [5, 5.41) is 19.6. The molecule has 0 aliphatic carbocycles. The Bertz CT molecular complexity index is 1560. The van der Waals surface area contributed by atoms with E-state index in [9.17, 15) is 27.9 Å². The highest BCUT2D eigenvalue weighted by Gasteiger charge is 2.32. The molecule has 2 aromatic carbocycles. The summed E-state index contributed by atoms with van der Waals surface area (Å²) in [6, 6.07) is 8.90.